The molecule has 0 radical (unpaired) electrons. The summed E-state index contributed by atoms with van der Waals surface area (Å²) in [5.41, 5.74) is -5.53. The molecule has 0 aromatic carbocycles. The lowest BCUT2D eigenvalue weighted by atomic mass is 10.5. The third-order valence-corrected chi connectivity index (χ3v) is 2.59. The van der Waals surface area contributed by atoms with Gasteiger partial charge in [-0.15, -0.1) is 0 Å². The Hall–Kier alpha value is -0.340. The van der Waals surface area contributed by atoms with E-state index in [2.05, 4.69) is 27.9 Å². The maximum absolute atomic E-state index is 10.7. The first-order valence-corrected chi connectivity index (χ1v) is 5.67. The van der Waals surface area contributed by atoms with Crippen molar-refractivity contribution >= 4 is 10.1 Å². The molecule has 0 amide bonds. The second-order valence-corrected chi connectivity index (χ2v) is 4.90. The van der Waals surface area contributed by atoms with Crippen LogP contribution in [0.1, 0.15) is 13.8 Å². The lowest BCUT2D eigenvalue weighted by molar-refractivity contribution is -0.886. The van der Waals surface area contributed by atoms with Crippen molar-refractivity contribution in [3.8, 4) is 0 Å². The summed E-state index contributed by atoms with van der Waals surface area (Å²) in [5, 5.41) is 0. The van der Waals surface area contributed by atoms with Crippen LogP contribution in [0, 0.1) is 0 Å². The average molecular weight is 252 g/mol. The minimum Gasteiger partial charge on any atom is -0.329 e. The number of halogens is 3. The molecule has 15 heavy (non-hydrogen) atoms. The van der Waals surface area contributed by atoms with Crippen LogP contribution in [0.25, 0.3) is 0 Å². The molecule has 0 aromatic heterocycles. The van der Waals surface area contributed by atoms with Gasteiger partial charge in [-0.1, -0.05) is 0 Å². The molecule has 0 aliphatic rings. The molecule has 0 unspecified atom stereocenters. The molecule has 0 saturated carbocycles. The minimum absolute atomic E-state index is 1.14. The molecule has 0 atom stereocenters. The Morgan fingerprint density at radius 1 is 1.13 bits per heavy atom. The van der Waals surface area contributed by atoms with Crippen LogP contribution in [0.2, 0.25) is 0 Å². The van der Waals surface area contributed by atoms with E-state index in [1.165, 1.54) is 13.1 Å². The van der Waals surface area contributed by atoms with E-state index in [9.17, 15) is 13.2 Å². The third-order valence-electron chi connectivity index (χ3n) is 2.00. The van der Waals surface area contributed by atoms with Gasteiger partial charge in [0, 0.05) is 0 Å². The van der Waals surface area contributed by atoms with E-state index in [1.54, 1.807) is 0 Å². The van der Waals surface area contributed by atoms with Crippen LogP contribution in [0.5, 0.6) is 0 Å². The molecule has 0 saturated heterocycles. The Labute approximate surface area is 88.0 Å². The number of quaternary nitrogens is 1. The van der Waals surface area contributed by atoms with E-state index in [0.717, 1.165) is 4.48 Å². The zero-order valence-electron chi connectivity index (χ0n) is 9.17. The van der Waals surface area contributed by atoms with Crippen LogP contribution in [0.15, 0.2) is 0 Å². The SMILES string of the molecule is CC[N+](C)(C)CC.O=S(=O)(O)C(F)(F)F. The molecule has 0 rings (SSSR count). The van der Waals surface area contributed by atoms with Crippen molar-refractivity contribution < 1.29 is 30.6 Å². The van der Waals surface area contributed by atoms with Gasteiger partial charge in [-0.3, -0.25) is 4.55 Å². The summed E-state index contributed by atoms with van der Waals surface area (Å²) < 4.78 is 58.7. The minimum atomic E-state index is -5.84. The van der Waals surface area contributed by atoms with Crippen molar-refractivity contribution in [2.24, 2.45) is 0 Å². The lowest BCUT2D eigenvalue weighted by Crippen LogP contribution is -2.38. The third kappa shape index (κ3) is 8.64. The van der Waals surface area contributed by atoms with Crippen molar-refractivity contribution in [2.45, 2.75) is 19.4 Å². The highest BCUT2D eigenvalue weighted by Crippen LogP contribution is 2.20. The highest BCUT2D eigenvalue weighted by Gasteiger charge is 2.44. The normalized spacial score (nSPS) is 13.1. The molecule has 4 nitrogen and oxygen atoms in total. The summed E-state index contributed by atoms with van der Waals surface area (Å²) >= 11 is 0. The van der Waals surface area contributed by atoms with Gasteiger partial charge in [0.1, 0.15) is 0 Å². The van der Waals surface area contributed by atoms with Gasteiger partial charge in [-0.05, 0) is 13.8 Å². The van der Waals surface area contributed by atoms with E-state index in [0.29, 0.717) is 0 Å². The Balaban J connectivity index is 0. The molecule has 0 aliphatic carbocycles. The zero-order valence-corrected chi connectivity index (χ0v) is 9.98. The molecule has 0 bridgehead atoms. The van der Waals surface area contributed by atoms with Crippen molar-refractivity contribution in [3.63, 3.8) is 0 Å². The van der Waals surface area contributed by atoms with Gasteiger partial charge >= 0.3 is 15.6 Å². The van der Waals surface area contributed by atoms with Crippen LogP contribution in [0.4, 0.5) is 13.2 Å². The fourth-order valence-electron chi connectivity index (χ4n) is 0.224. The number of rotatable bonds is 2. The summed E-state index contributed by atoms with van der Waals surface area (Å²) in [6, 6.07) is 0. The molecule has 0 heterocycles. The Morgan fingerprint density at radius 3 is 1.33 bits per heavy atom. The second kappa shape index (κ2) is 5.66. The van der Waals surface area contributed by atoms with Gasteiger partial charge in [0.2, 0.25) is 0 Å². The molecule has 0 fully saturated rings. The first-order chi connectivity index (χ1) is 6.37. The van der Waals surface area contributed by atoms with Gasteiger partial charge < -0.3 is 4.48 Å². The van der Waals surface area contributed by atoms with E-state index in [4.69, 9.17) is 13.0 Å². The summed E-state index contributed by atoms with van der Waals surface area (Å²) in [5.74, 6) is 0. The Bertz CT molecular complexity index is 266. The highest BCUT2D eigenvalue weighted by molar-refractivity contribution is 7.86. The molecular formula is C7H17F3NO3S+. The predicted octanol–water partition coefficient (Wildman–Crippen LogP) is 1.50. The number of hydrogen-bond acceptors (Lipinski definition) is 2. The standard InChI is InChI=1S/C6H16N.CHF3O3S/c1-5-7(3,4)6-2;2-1(3,4)8(5,6)7/h5-6H2,1-4H3;(H,5,6,7)/q+1;. The van der Waals surface area contributed by atoms with Gasteiger partial charge in [0.15, 0.2) is 0 Å². The largest absolute Gasteiger partial charge is 0.522 e. The topological polar surface area (TPSA) is 54.4 Å². The summed E-state index contributed by atoms with van der Waals surface area (Å²) in [6.07, 6.45) is 0. The van der Waals surface area contributed by atoms with Crippen molar-refractivity contribution in [1.82, 2.24) is 0 Å². The molecule has 0 aromatic rings. The van der Waals surface area contributed by atoms with E-state index < -0.39 is 15.6 Å². The Kier molecular flexibility index (Phi) is 6.45. The van der Waals surface area contributed by atoms with Crippen LogP contribution in [-0.4, -0.2) is 50.1 Å². The summed E-state index contributed by atoms with van der Waals surface area (Å²) in [4.78, 5) is 0. The summed E-state index contributed by atoms with van der Waals surface area (Å²) in [7, 11) is -1.37. The van der Waals surface area contributed by atoms with E-state index in [1.807, 2.05) is 0 Å². The van der Waals surface area contributed by atoms with E-state index >= 15 is 0 Å². The average Bonchev–Trinajstić information content (AvgIpc) is 2.02. The smallest absolute Gasteiger partial charge is 0.329 e. The zero-order chi connectivity index (χ0) is 12.9. The lowest BCUT2D eigenvalue weighted by Gasteiger charge is -2.25. The second-order valence-electron chi connectivity index (χ2n) is 3.49. The molecule has 94 valence electrons. The maximum Gasteiger partial charge on any atom is 0.522 e. The Morgan fingerprint density at radius 2 is 1.33 bits per heavy atom. The first kappa shape index (κ1) is 17.1. The molecule has 0 spiro atoms. The number of hydrogen-bond donors (Lipinski definition) is 1. The van der Waals surface area contributed by atoms with Crippen LogP contribution < -0.4 is 0 Å². The molecule has 8 heteroatoms. The molecule has 1 N–H and O–H groups in total. The van der Waals surface area contributed by atoms with Crippen LogP contribution >= 0.6 is 0 Å². The maximum atomic E-state index is 10.7. The molecular weight excluding hydrogens is 235 g/mol. The fourth-order valence-corrected chi connectivity index (χ4v) is 0.224. The predicted molar refractivity (Wildman–Crippen MR) is 50.8 cm³/mol. The van der Waals surface area contributed by atoms with Gasteiger partial charge in [-0.25, -0.2) is 0 Å². The van der Waals surface area contributed by atoms with Crippen molar-refractivity contribution in [2.75, 3.05) is 27.2 Å². The number of nitrogens with zero attached hydrogens (tertiary/aromatic N) is 1. The number of alkyl halides is 3. The summed E-state index contributed by atoms with van der Waals surface area (Å²) in [6.45, 7) is 6.89. The van der Waals surface area contributed by atoms with E-state index in [-0.39, 0.29) is 0 Å². The quantitative estimate of drug-likeness (QED) is 0.460. The van der Waals surface area contributed by atoms with Gasteiger partial charge in [-0.2, -0.15) is 21.6 Å². The van der Waals surface area contributed by atoms with Crippen molar-refractivity contribution in [1.29, 1.82) is 0 Å². The monoisotopic (exact) mass is 252 g/mol. The first-order valence-electron chi connectivity index (χ1n) is 4.23. The van der Waals surface area contributed by atoms with Gasteiger partial charge in [0.25, 0.3) is 0 Å². The fraction of sp³-hybridized carbons (Fsp3) is 1.00. The van der Waals surface area contributed by atoms with Crippen LogP contribution in [0.3, 0.4) is 0 Å². The molecule has 0 aliphatic heterocycles. The highest BCUT2D eigenvalue weighted by atomic mass is 32.2. The van der Waals surface area contributed by atoms with Gasteiger partial charge in [0.05, 0.1) is 27.2 Å². The van der Waals surface area contributed by atoms with Crippen LogP contribution in [-0.2, 0) is 10.1 Å². The van der Waals surface area contributed by atoms with Crippen molar-refractivity contribution in [3.05, 3.63) is 0 Å².